The summed E-state index contributed by atoms with van der Waals surface area (Å²) in [4.78, 5) is 15.4. The minimum Gasteiger partial charge on any atom is -0.371 e. The second-order valence-electron chi connectivity index (χ2n) is 16.4. The van der Waals surface area contributed by atoms with Crippen molar-refractivity contribution >= 4 is 22.8 Å². The minimum absolute atomic E-state index is 0.412. The SMILES string of the molecule is CCCCC(CC)CN(CC(CC)CCCC)c1ccc(/N=C2/C(C3CCC(C)C3)=Nn3nc(C4CCCCC4C)nc32)c(C(C)CC)c1. The maximum Gasteiger partial charge on any atom is 0.204 e. The van der Waals surface area contributed by atoms with Gasteiger partial charge in [0.1, 0.15) is 5.71 Å². The Labute approximate surface area is 300 Å². The zero-order valence-electron chi connectivity index (χ0n) is 32.7. The molecule has 1 aromatic heterocycles. The number of benzene rings is 1. The summed E-state index contributed by atoms with van der Waals surface area (Å²) in [6, 6.07) is 7.22. The second-order valence-corrected chi connectivity index (χ2v) is 16.4. The molecule has 2 heterocycles. The first-order valence-corrected chi connectivity index (χ1v) is 20.8. The van der Waals surface area contributed by atoms with E-state index >= 15 is 0 Å². The topological polar surface area (TPSA) is 58.7 Å². The van der Waals surface area contributed by atoms with Crippen LogP contribution >= 0.6 is 0 Å². The van der Waals surface area contributed by atoms with Gasteiger partial charge in [-0.2, -0.15) is 5.10 Å². The second kappa shape index (κ2) is 18.1. The van der Waals surface area contributed by atoms with Gasteiger partial charge in [0.05, 0.1) is 11.4 Å². The van der Waals surface area contributed by atoms with Crippen molar-refractivity contribution in [2.45, 2.75) is 170 Å². The maximum absolute atomic E-state index is 5.58. The molecular formula is C43H70N6. The Morgan fingerprint density at radius 2 is 1.57 bits per heavy atom. The normalized spacial score (nSPS) is 25.0. The summed E-state index contributed by atoms with van der Waals surface area (Å²) in [6.45, 7) is 21.2. The van der Waals surface area contributed by atoms with E-state index in [1.807, 2.05) is 4.79 Å². The van der Waals surface area contributed by atoms with Crippen molar-refractivity contribution in [3.8, 4) is 0 Å². The van der Waals surface area contributed by atoms with E-state index in [1.54, 1.807) is 0 Å². The van der Waals surface area contributed by atoms with E-state index in [0.29, 0.717) is 23.7 Å². The molecular weight excluding hydrogens is 601 g/mol. The molecule has 0 spiro atoms. The highest BCUT2D eigenvalue weighted by molar-refractivity contribution is 6.49. The first kappa shape index (κ1) is 37.7. The van der Waals surface area contributed by atoms with Crippen LogP contribution in [0.25, 0.3) is 0 Å². The van der Waals surface area contributed by atoms with Gasteiger partial charge >= 0.3 is 0 Å². The van der Waals surface area contributed by atoms with Crippen LogP contribution in [0, 0.1) is 29.6 Å². The van der Waals surface area contributed by atoms with E-state index in [2.05, 4.69) is 78.5 Å². The molecule has 0 amide bonds. The van der Waals surface area contributed by atoms with E-state index in [4.69, 9.17) is 20.2 Å². The summed E-state index contributed by atoms with van der Waals surface area (Å²) in [7, 11) is 0. The van der Waals surface area contributed by atoms with Crippen LogP contribution in [0.15, 0.2) is 28.3 Å². The molecule has 6 nitrogen and oxygen atoms in total. The third-order valence-electron chi connectivity index (χ3n) is 12.6. The fourth-order valence-corrected chi connectivity index (χ4v) is 8.81. The highest BCUT2D eigenvalue weighted by atomic mass is 15.6. The number of unbranched alkanes of at least 4 members (excludes halogenated alkanes) is 2. The highest BCUT2D eigenvalue weighted by Gasteiger charge is 2.37. The molecule has 3 aliphatic rings. The summed E-state index contributed by atoms with van der Waals surface area (Å²) in [5.41, 5.74) is 5.93. The fourth-order valence-electron chi connectivity index (χ4n) is 8.81. The molecule has 49 heavy (non-hydrogen) atoms. The van der Waals surface area contributed by atoms with Crippen molar-refractivity contribution in [2.75, 3.05) is 18.0 Å². The van der Waals surface area contributed by atoms with Gasteiger partial charge in [-0.05, 0) is 91.9 Å². The van der Waals surface area contributed by atoms with Crippen molar-refractivity contribution in [3.05, 3.63) is 35.4 Å². The summed E-state index contributed by atoms with van der Waals surface area (Å²) in [6.07, 6.45) is 20.1. The molecule has 0 bridgehead atoms. The van der Waals surface area contributed by atoms with Gasteiger partial charge in [-0.1, -0.05) is 120 Å². The van der Waals surface area contributed by atoms with Crippen molar-refractivity contribution in [1.82, 2.24) is 14.9 Å². The van der Waals surface area contributed by atoms with E-state index in [1.165, 1.54) is 108 Å². The Morgan fingerprint density at radius 3 is 2.16 bits per heavy atom. The number of aliphatic imine (C=N–C) groups is 1. The monoisotopic (exact) mass is 671 g/mol. The smallest absolute Gasteiger partial charge is 0.204 e. The lowest BCUT2D eigenvalue weighted by molar-refractivity contribution is 0.319. The molecule has 7 atom stereocenters. The summed E-state index contributed by atoms with van der Waals surface area (Å²) in [5, 5.41) is 10.2. The number of aromatic nitrogens is 3. The van der Waals surface area contributed by atoms with E-state index in [-0.39, 0.29) is 0 Å². The van der Waals surface area contributed by atoms with Gasteiger partial charge in [0.25, 0.3) is 0 Å². The van der Waals surface area contributed by atoms with E-state index in [9.17, 15) is 0 Å². The van der Waals surface area contributed by atoms with Gasteiger partial charge in [0.15, 0.2) is 5.82 Å². The molecule has 6 heteroatoms. The molecule has 1 aliphatic heterocycles. The molecule has 1 aromatic carbocycles. The van der Waals surface area contributed by atoms with Crippen LogP contribution in [-0.4, -0.2) is 39.4 Å². The first-order chi connectivity index (χ1) is 23.8. The first-order valence-electron chi connectivity index (χ1n) is 20.8. The summed E-state index contributed by atoms with van der Waals surface area (Å²) < 4.78 is 0. The Hall–Kier alpha value is -2.50. The highest BCUT2D eigenvalue weighted by Crippen LogP contribution is 2.40. The molecule has 0 saturated heterocycles. The molecule has 272 valence electrons. The molecule has 2 aromatic rings. The van der Waals surface area contributed by atoms with E-state index < -0.39 is 0 Å². The number of hydrogen-bond acceptors (Lipinski definition) is 5. The maximum atomic E-state index is 5.58. The Bertz CT molecular complexity index is 1370. The zero-order chi connectivity index (χ0) is 34.9. The van der Waals surface area contributed by atoms with E-state index in [0.717, 1.165) is 66.0 Å². The van der Waals surface area contributed by atoms with Crippen molar-refractivity contribution in [2.24, 2.45) is 39.7 Å². The van der Waals surface area contributed by atoms with Crippen LogP contribution in [0.2, 0.25) is 0 Å². The van der Waals surface area contributed by atoms with Gasteiger partial charge in [-0.15, -0.1) is 9.89 Å². The summed E-state index contributed by atoms with van der Waals surface area (Å²) in [5.74, 6) is 5.92. The van der Waals surface area contributed by atoms with Crippen molar-refractivity contribution < 1.29 is 0 Å². The van der Waals surface area contributed by atoms with Crippen LogP contribution in [-0.2, 0) is 0 Å². The molecule has 0 radical (unpaired) electrons. The number of rotatable bonds is 18. The average molecular weight is 671 g/mol. The molecule has 7 unspecified atom stereocenters. The largest absolute Gasteiger partial charge is 0.371 e. The third kappa shape index (κ3) is 9.25. The van der Waals surface area contributed by atoms with Crippen LogP contribution < -0.4 is 4.90 Å². The third-order valence-corrected chi connectivity index (χ3v) is 12.6. The fraction of sp³-hybridized carbons (Fsp3) is 0.767. The Morgan fingerprint density at radius 1 is 0.878 bits per heavy atom. The Kier molecular flexibility index (Phi) is 14.0. The quantitative estimate of drug-likeness (QED) is 0.159. The minimum atomic E-state index is 0.412. The molecule has 5 rings (SSSR count). The number of nitrogens with zero attached hydrogens (tertiary/aromatic N) is 6. The van der Waals surface area contributed by atoms with Gasteiger partial charge in [0.2, 0.25) is 5.82 Å². The molecule has 0 N–H and O–H groups in total. The van der Waals surface area contributed by atoms with Gasteiger partial charge < -0.3 is 4.90 Å². The molecule has 2 aliphatic carbocycles. The number of anilines is 1. The Balaban J connectivity index is 1.54. The average Bonchev–Trinajstić information content (AvgIpc) is 3.82. The van der Waals surface area contributed by atoms with Crippen molar-refractivity contribution in [1.29, 1.82) is 0 Å². The molecule has 2 fully saturated rings. The predicted octanol–water partition coefficient (Wildman–Crippen LogP) is 12.1. The van der Waals surface area contributed by atoms with Crippen LogP contribution in [0.5, 0.6) is 0 Å². The van der Waals surface area contributed by atoms with Crippen LogP contribution in [0.4, 0.5) is 11.4 Å². The number of fused-ring (bicyclic) bond motifs is 1. The standard InChI is InChI=1S/C43H70N6/c1-9-14-19-33(12-4)28-48(29-34(13-5)20-15-10-2)36-24-25-39(38(27-36)31(7)11-3)44-41-40(35-23-22-30(6)26-35)46-49-43(41)45-42(47-49)37-21-17-16-18-32(37)8/h24-25,27,30-35,37H,9-23,26,28-29H2,1-8H3/b44-41-. The van der Waals surface area contributed by atoms with Crippen molar-refractivity contribution in [3.63, 3.8) is 0 Å². The lowest BCUT2D eigenvalue weighted by Gasteiger charge is -2.33. The van der Waals surface area contributed by atoms with Gasteiger partial charge in [0, 0.05) is 30.6 Å². The zero-order valence-corrected chi connectivity index (χ0v) is 32.7. The van der Waals surface area contributed by atoms with Gasteiger partial charge in [-0.3, -0.25) is 0 Å². The molecule has 2 saturated carbocycles. The summed E-state index contributed by atoms with van der Waals surface area (Å²) >= 11 is 0. The van der Waals surface area contributed by atoms with Gasteiger partial charge in [-0.25, -0.2) is 9.98 Å². The van der Waals surface area contributed by atoms with Crippen LogP contribution in [0.3, 0.4) is 0 Å². The van der Waals surface area contributed by atoms with Crippen LogP contribution in [0.1, 0.15) is 187 Å². The number of hydrogen-bond donors (Lipinski definition) is 0. The lowest BCUT2D eigenvalue weighted by atomic mass is 9.80. The predicted molar refractivity (Wildman–Crippen MR) is 210 cm³/mol. The lowest BCUT2D eigenvalue weighted by Crippen LogP contribution is -2.34.